The molecule has 16 heavy (non-hydrogen) atoms. The Morgan fingerprint density at radius 1 is 1.50 bits per heavy atom. The zero-order chi connectivity index (χ0) is 11.9. The lowest BCUT2D eigenvalue weighted by atomic mass is 10.1. The standard InChI is InChI=1S/C10H8BrClFN3/c1-16-9(8(11)10(14)15-16)6-4-5(12)2-3-7(6)13/h2-4H,1H3,(H2,14,15). The Balaban J connectivity index is 2.71. The fraction of sp³-hybridized carbons (Fsp3) is 0.100. The van der Waals surface area contributed by atoms with Gasteiger partial charge in [-0.3, -0.25) is 4.68 Å². The SMILES string of the molecule is Cn1nc(N)c(Br)c1-c1cc(Cl)ccc1F. The van der Waals surface area contributed by atoms with Crippen molar-refractivity contribution in [2.75, 3.05) is 5.73 Å². The fourth-order valence-corrected chi connectivity index (χ4v) is 2.21. The molecular formula is C10H8BrClFN3. The number of hydrogen-bond acceptors (Lipinski definition) is 2. The summed E-state index contributed by atoms with van der Waals surface area (Å²) in [5.41, 5.74) is 6.57. The number of nitrogens with two attached hydrogens (primary N) is 1. The van der Waals surface area contributed by atoms with Crippen LogP contribution >= 0.6 is 27.5 Å². The largest absolute Gasteiger partial charge is 0.381 e. The van der Waals surface area contributed by atoms with Crippen LogP contribution in [0.4, 0.5) is 10.2 Å². The number of aromatic nitrogens is 2. The average molecular weight is 305 g/mol. The van der Waals surface area contributed by atoms with E-state index >= 15 is 0 Å². The van der Waals surface area contributed by atoms with E-state index in [9.17, 15) is 4.39 Å². The molecule has 0 fully saturated rings. The number of nitrogen functional groups attached to an aromatic ring is 1. The summed E-state index contributed by atoms with van der Waals surface area (Å²) in [4.78, 5) is 0. The second-order valence-electron chi connectivity index (χ2n) is 3.30. The van der Waals surface area contributed by atoms with Crippen LogP contribution in [0.3, 0.4) is 0 Å². The highest BCUT2D eigenvalue weighted by Gasteiger charge is 2.16. The molecule has 0 spiro atoms. The van der Waals surface area contributed by atoms with Crippen molar-refractivity contribution in [2.45, 2.75) is 0 Å². The van der Waals surface area contributed by atoms with Crippen molar-refractivity contribution in [3.05, 3.63) is 33.5 Å². The van der Waals surface area contributed by atoms with Crippen LogP contribution in [-0.2, 0) is 7.05 Å². The molecule has 0 radical (unpaired) electrons. The van der Waals surface area contributed by atoms with Crippen molar-refractivity contribution in [2.24, 2.45) is 7.05 Å². The van der Waals surface area contributed by atoms with Gasteiger partial charge >= 0.3 is 0 Å². The van der Waals surface area contributed by atoms with E-state index in [4.69, 9.17) is 17.3 Å². The summed E-state index contributed by atoms with van der Waals surface area (Å²) >= 11 is 9.11. The van der Waals surface area contributed by atoms with E-state index in [2.05, 4.69) is 21.0 Å². The first-order chi connectivity index (χ1) is 7.50. The lowest BCUT2D eigenvalue weighted by Gasteiger charge is -2.05. The minimum atomic E-state index is -0.367. The second-order valence-corrected chi connectivity index (χ2v) is 4.53. The van der Waals surface area contributed by atoms with Crippen molar-refractivity contribution < 1.29 is 4.39 Å². The summed E-state index contributed by atoms with van der Waals surface area (Å²) < 4.78 is 15.7. The van der Waals surface area contributed by atoms with Gasteiger partial charge in [0, 0.05) is 17.6 Å². The minimum absolute atomic E-state index is 0.317. The molecule has 0 aliphatic carbocycles. The van der Waals surface area contributed by atoms with Crippen LogP contribution in [0, 0.1) is 5.82 Å². The van der Waals surface area contributed by atoms with E-state index < -0.39 is 0 Å². The van der Waals surface area contributed by atoms with E-state index in [1.807, 2.05) is 0 Å². The Bertz CT molecular complexity index is 553. The van der Waals surface area contributed by atoms with Crippen LogP contribution in [0.15, 0.2) is 22.7 Å². The Morgan fingerprint density at radius 2 is 2.19 bits per heavy atom. The number of aryl methyl sites for hydroxylation is 1. The van der Waals surface area contributed by atoms with Crippen molar-refractivity contribution in [3.8, 4) is 11.3 Å². The van der Waals surface area contributed by atoms with Gasteiger partial charge in [-0.25, -0.2) is 4.39 Å². The first-order valence-corrected chi connectivity index (χ1v) is 5.61. The normalized spacial score (nSPS) is 10.8. The topological polar surface area (TPSA) is 43.8 Å². The zero-order valence-electron chi connectivity index (χ0n) is 8.34. The molecule has 2 N–H and O–H groups in total. The smallest absolute Gasteiger partial charge is 0.160 e. The zero-order valence-corrected chi connectivity index (χ0v) is 10.7. The highest BCUT2D eigenvalue weighted by molar-refractivity contribution is 9.10. The van der Waals surface area contributed by atoms with Crippen molar-refractivity contribution in [3.63, 3.8) is 0 Å². The summed E-state index contributed by atoms with van der Waals surface area (Å²) in [6.45, 7) is 0. The number of rotatable bonds is 1. The molecule has 0 aliphatic heterocycles. The quantitative estimate of drug-likeness (QED) is 0.879. The lowest BCUT2D eigenvalue weighted by Crippen LogP contribution is -1.96. The van der Waals surface area contributed by atoms with Gasteiger partial charge in [0.25, 0.3) is 0 Å². The van der Waals surface area contributed by atoms with Crippen LogP contribution in [0.5, 0.6) is 0 Å². The molecule has 3 nitrogen and oxygen atoms in total. The first kappa shape index (κ1) is 11.4. The van der Waals surface area contributed by atoms with Gasteiger partial charge in [-0.05, 0) is 34.1 Å². The van der Waals surface area contributed by atoms with Crippen molar-refractivity contribution in [1.29, 1.82) is 0 Å². The monoisotopic (exact) mass is 303 g/mol. The fourth-order valence-electron chi connectivity index (χ4n) is 1.49. The first-order valence-electron chi connectivity index (χ1n) is 4.44. The van der Waals surface area contributed by atoms with Crippen LogP contribution in [0.1, 0.15) is 0 Å². The summed E-state index contributed by atoms with van der Waals surface area (Å²) in [7, 11) is 1.69. The van der Waals surface area contributed by atoms with E-state index in [0.717, 1.165) is 0 Å². The van der Waals surface area contributed by atoms with Crippen LogP contribution in [0.2, 0.25) is 5.02 Å². The van der Waals surface area contributed by atoms with Crippen LogP contribution < -0.4 is 5.73 Å². The summed E-state index contributed by atoms with van der Waals surface area (Å²) in [6.07, 6.45) is 0. The van der Waals surface area contributed by atoms with Crippen molar-refractivity contribution >= 4 is 33.3 Å². The number of anilines is 1. The number of halogens is 3. The Morgan fingerprint density at radius 3 is 2.75 bits per heavy atom. The number of hydrogen-bond donors (Lipinski definition) is 1. The molecule has 2 rings (SSSR count). The van der Waals surface area contributed by atoms with Gasteiger partial charge in [-0.15, -0.1) is 0 Å². The van der Waals surface area contributed by atoms with Gasteiger partial charge in [0.15, 0.2) is 5.82 Å². The van der Waals surface area contributed by atoms with Gasteiger partial charge in [0.05, 0.1) is 10.2 Å². The molecule has 1 aromatic carbocycles. The van der Waals surface area contributed by atoms with Crippen molar-refractivity contribution in [1.82, 2.24) is 9.78 Å². The summed E-state index contributed by atoms with van der Waals surface area (Å²) in [5, 5.41) is 4.46. The number of nitrogens with zero attached hydrogens (tertiary/aromatic N) is 2. The molecule has 0 amide bonds. The molecular weight excluding hydrogens is 296 g/mol. The van der Waals surface area contributed by atoms with E-state index in [1.54, 1.807) is 7.05 Å². The molecule has 0 saturated heterocycles. The molecule has 1 aromatic heterocycles. The average Bonchev–Trinajstić information content (AvgIpc) is 2.46. The van der Waals surface area contributed by atoms with Crippen LogP contribution in [-0.4, -0.2) is 9.78 Å². The molecule has 84 valence electrons. The summed E-state index contributed by atoms with van der Waals surface area (Å²) in [5.74, 6) is -0.0509. The second kappa shape index (κ2) is 4.07. The number of benzene rings is 1. The molecule has 1 heterocycles. The van der Waals surface area contributed by atoms with Crippen LogP contribution in [0.25, 0.3) is 11.3 Å². The molecule has 6 heteroatoms. The van der Waals surface area contributed by atoms with E-state index in [-0.39, 0.29) is 5.82 Å². The summed E-state index contributed by atoms with van der Waals surface area (Å²) in [6, 6.07) is 4.35. The maximum atomic E-state index is 13.7. The van der Waals surface area contributed by atoms with Gasteiger partial charge in [0.2, 0.25) is 0 Å². The molecule has 0 bridgehead atoms. The van der Waals surface area contributed by atoms with Gasteiger partial charge in [-0.1, -0.05) is 11.6 Å². The Labute approximate surface area is 105 Å². The van der Waals surface area contributed by atoms with E-state index in [1.165, 1.54) is 22.9 Å². The van der Waals surface area contributed by atoms with E-state index in [0.29, 0.717) is 26.6 Å². The molecule has 2 aromatic rings. The minimum Gasteiger partial charge on any atom is -0.381 e. The van der Waals surface area contributed by atoms with Gasteiger partial charge in [-0.2, -0.15) is 5.10 Å². The van der Waals surface area contributed by atoms with Gasteiger partial charge in [0.1, 0.15) is 5.82 Å². The predicted octanol–water partition coefficient (Wildman–Crippen LogP) is 3.22. The third kappa shape index (κ3) is 1.81. The Hall–Kier alpha value is -1.07. The highest BCUT2D eigenvalue weighted by Crippen LogP contribution is 2.34. The third-order valence-corrected chi connectivity index (χ3v) is 3.21. The molecule has 0 saturated carbocycles. The molecule has 0 atom stereocenters. The predicted molar refractivity (Wildman–Crippen MR) is 65.7 cm³/mol. The lowest BCUT2D eigenvalue weighted by molar-refractivity contribution is 0.628. The maximum Gasteiger partial charge on any atom is 0.160 e. The molecule has 0 aliphatic rings. The maximum absolute atomic E-state index is 13.7. The highest BCUT2D eigenvalue weighted by atomic mass is 79.9. The van der Waals surface area contributed by atoms with Gasteiger partial charge < -0.3 is 5.73 Å². The Kier molecular flexibility index (Phi) is 2.90. The third-order valence-electron chi connectivity index (χ3n) is 2.20. The molecule has 0 unspecified atom stereocenters.